The Bertz CT molecular complexity index is 910. The molecule has 1 aliphatic heterocycles. The van der Waals surface area contributed by atoms with Gasteiger partial charge in [0, 0.05) is 51.1 Å². The first-order valence-corrected chi connectivity index (χ1v) is 9.79. The van der Waals surface area contributed by atoms with E-state index in [1.54, 1.807) is 17.9 Å². The lowest BCUT2D eigenvalue weighted by molar-refractivity contribution is -0.137. The van der Waals surface area contributed by atoms with Gasteiger partial charge < -0.3 is 20.3 Å². The van der Waals surface area contributed by atoms with Gasteiger partial charge in [0.1, 0.15) is 6.10 Å². The summed E-state index contributed by atoms with van der Waals surface area (Å²) < 4.78 is 45.4. The molecule has 1 atom stereocenters. The van der Waals surface area contributed by atoms with Gasteiger partial charge in [-0.2, -0.15) is 18.3 Å². The van der Waals surface area contributed by atoms with Crippen molar-refractivity contribution in [3.63, 3.8) is 0 Å². The molecular weight excluding hydrogens is 413 g/mol. The average Bonchev–Trinajstić information content (AvgIpc) is 3.19. The first-order valence-electron chi connectivity index (χ1n) is 9.79. The Morgan fingerprint density at radius 2 is 1.97 bits per heavy atom. The number of benzene rings is 1. The highest BCUT2D eigenvalue weighted by Gasteiger charge is 2.30. The minimum atomic E-state index is -4.43. The standard InChI is InChI=1S/C20H25F3N6O2/c1-24-19(29-9-10-31-17(13-29)15-11-27-28(2)12-15)26-8-7-25-18(30)14-3-5-16(6-4-14)20(21,22)23/h3-6,11-12,17H,7-10,13H2,1-2H3,(H,24,26)(H,25,30). The Balaban J connectivity index is 1.46. The van der Waals surface area contributed by atoms with Crippen molar-refractivity contribution in [1.82, 2.24) is 25.3 Å². The molecule has 168 valence electrons. The van der Waals surface area contributed by atoms with E-state index in [2.05, 4.69) is 25.6 Å². The molecule has 31 heavy (non-hydrogen) atoms. The van der Waals surface area contributed by atoms with E-state index in [0.29, 0.717) is 32.2 Å². The van der Waals surface area contributed by atoms with Crippen LogP contribution in [-0.4, -0.2) is 66.4 Å². The number of halogens is 3. The number of nitrogens with one attached hydrogen (secondary N) is 2. The molecule has 2 N–H and O–H groups in total. The quantitative estimate of drug-likeness (QED) is 0.423. The second-order valence-electron chi connectivity index (χ2n) is 7.06. The summed E-state index contributed by atoms with van der Waals surface area (Å²) in [5, 5.41) is 10.1. The average molecular weight is 438 g/mol. The molecule has 1 saturated heterocycles. The minimum Gasteiger partial charge on any atom is -0.370 e. The fourth-order valence-corrected chi connectivity index (χ4v) is 3.24. The van der Waals surface area contributed by atoms with Crippen molar-refractivity contribution >= 4 is 11.9 Å². The number of carbonyl (C=O) groups excluding carboxylic acids is 1. The van der Waals surface area contributed by atoms with Crippen molar-refractivity contribution < 1.29 is 22.7 Å². The molecule has 1 amide bonds. The van der Waals surface area contributed by atoms with Crippen molar-refractivity contribution in [1.29, 1.82) is 0 Å². The van der Waals surface area contributed by atoms with Gasteiger partial charge in [-0.15, -0.1) is 0 Å². The number of aromatic nitrogens is 2. The SMILES string of the molecule is CN=C(NCCNC(=O)c1ccc(C(F)(F)F)cc1)N1CCOC(c2cnn(C)c2)C1. The smallest absolute Gasteiger partial charge is 0.370 e. The summed E-state index contributed by atoms with van der Waals surface area (Å²) in [4.78, 5) is 18.5. The van der Waals surface area contributed by atoms with E-state index in [1.807, 2.05) is 13.2 Å². The molecule has 8 nitrogen and oxygen atoms in total. The Morgan fingerprint density at radius 1 is 1.26 bits per heavy atom. The van der Waals surface area contributed by atoms with Crippen molar-refractivity contribution in [3.8, 4) is 0 Å². The Kier molecular flexibility index (Phi) is 7.16. The van der Waals surface area contributed by atoms with Gasteiger partial charge in [-0.1, -0.05) is 0 Å². The number of carbonyl (C=O) groups is 1. The van der Waals surface area contributed by atoms with Gasteiger partial charge in [0.25, 0.3) is 5.91 Å². The number of aliphatic imine (C=N–C) groups is 1. The predicted molar refractivity (Wildman–Crippen MR) is 109 cm³/mol. The van der Waals surface area contributed by atoms with Crippen LogP contribution in [0.1, 0.15) is 27.6 Å². The highest BCUT2D eigenvalue weighted by molar-refractivity contribution is 5.94. The van der Waals surface area contributed by atoms with Gasteiger partial charge in [0.15, 0.2) is 5.96 Å². The van der Waals surface area contributed by atoms with Crippen molar-refractivity contribution in [2.75, 3.05) is 39.8 Å². The molecule has 0 aliphatic carbocycles. The molecule has 0 radical (unpaired) electrons. The number of amides is 1. The van der Waals surface area contributed by atoms with Crippen LogP contribution in [0.25, 0.3) is 0 Å². The number of rotatable bonds is 5. The van der Waals surface area contributed by atoms with E-state index in [-0.39, 0.29) is 18.2 Å². The third-order valence-electron chi connectivity index (χ3n) is 4.84. The summed E-state index contributed by atoms with van der Waals surface area (Å²) in [5.74, 6) is 0.245. The maximum absolute atomic E-state index is 12.6. The first-order chi connectivity index (χ1) is 14.8. The van der Waals surface area contributed by atoms with Gasteiger partial charge in [0.05, 0.1) is 24.9 Å². The number of alkyl halides is 3. The second kappa shape index (κ2) is 9.82. The summed E-state index contributed by atoms with van der Waals surface area (Å²) in [5.41, 5.74) is 0.376. The largest absolute Gasteiger partial charge is 0.416 e. The van der Waals surface area contributed by atoms with E-state index in [0.717, 1.165) is 29.8 Å². The van der Waals surface area contributed by atoms with Crippen LogP contribution >= 0.6 is 0 Å². The van der Waals surface area contributed by atoms with Crippen LogP contribution < -0.4 is 10.6 Å². The predicted octanol–water partition coefficient (Wildman–Crippen LogP) is 1.82. The van der Waals surface area contributed by atoms with E-state index in [9.17, 15) is 18.0 Å². The fraction of sp³-hybridized carbons (Fsp3) is 0.450. The number of morpholine rings is 1. The van der Waals surface area contributed by atoms with Crippen LogP contribution in [0.15, 0.2) is 41.7 Å². The molecule has 1 aliphatic rings. The molecule has 2 heterocycles. The van der Waals surface area contributed by atoms with E-state index in [1.165, 1.54) is 0 Å². The van der Waals surface area contributed by atoms with Gasteiger partial charge in [0.2, 0.25) is 0 Å². The molecule has 0 bridgehead atoms. The van der Waals surface area contributed by atoms with Crippen LogP contribution in [0, 0.1) is 0 Å². The maximum Gasteiger partial charge on any atom is 0.416 e. The third kappa shape index (κ3) is 5.97. The van der Waals surface area contributed by atoms with Gasteiger partial charge in [-0.25, -0.2) is 0 Å². The highest BCUT2D eigenvalue weighted by atomic mass is 19.4. The summed E-state index contributed by atoms with van der Waals surface area (Å²) in [6.07, 6.45) is -0.840. The van der Waals surface area contributed by atoms with Crippen LogP contribution in [0.5, 0.6) is 0 Å². The Hall–Kier alpha value is -3.08. The number of ether oxygens (including phenoxy) is 1. The summed E-state index contributed by atoms with van der Waals surface area (Å²) in [6.45, 7) is 2.53. The van der Waals surface area contributed by atoms with Crippen molar-refractivity contribution in [2.24, 2.45) is 12.0 Å². The summed E-state index contributed by atoms with van der Waals surface area (Å²) in [7, 11) is 3.53. The fourth-order valence-electron chi connectivity index (χ4n) is 3.24. The van der Waals surface area contributed by atoms with E-state index < -0.39 is 17.6 Å². The number of aryl methyl sites for hydroxylation is 1. The zero-order valence-corrected chi connectivity index (χ0v) is 17.3. The maximum atomic E-state index is 12.6. The Morgan fingerprint density at radius 3 is 2.58 bits per heavy atom. The molecular formula is C20H25F3N6O2. The van der Waals surface area contributed by atoms with Crippen molar-refractivity contribution in [3.05, 3.63) is 53.3 Å². The van der Waals surface area contributed by atoms with Crippen LogP contribution in [0.3, 0.4) is 0 Å². The van der Waals surface area contributed by atoms with Crippen molar-refractivity contribution in [2.45, 2.75) is 12.3 Å². The molecule has 1 unspecified atom stereocenters. The van der Waals surface area contributed by atoms with Gasteiger partial charge >= 0.3 is 6.18 Å². The number of nitrogens with zero attached hydrogens (tertiary/aromatic N) is 4. The topological polar surface area (TPSA) is 83.8 Å². The lowest BCUT2D eigenvalue weighted by Crippen LogP contribution is -2.49. The van der Waals surface area contributed by atoms with Crippen LogP contribution in [0.4, 0.5) is 13.2 Å². The lowest BCUT2D eigenvalue weighted by atomic mass is 10.1. The van der Waals surface area contributed by atoms with Gasteiger partial charge in [-0.05, 0) is 24.3 Å². The normalized spacial score (nSPS) is 17.5. The van der Waals surface area contributed by atoms with Crippen LogP contribution in [-0.2, 0) is 18.0 Å². The summed E-state index contributed by atoms with van der Waals surface area (Å²) >= 11 is 0. The molecule has 3 rings (SSSR count). The zero-order valence-electron chi connectivity index (χ0n) is 17.3. The van der Waals surface area contributed by atoms with E-state index >= 15 is 0 Å². The van der Waals surface area contributed by atoms with Gasteiger partial charge in [-0.3, -0.25) is 14.5 Å². The number of hydrogen-bond donors (Lipinski definition) is 2. The minimum absolute atomic E-state index is 0.111. The first kappa shape index (κ1) is 22.6. The number of guanidine groups is 1. The van der Waals surface area contributed by atoms with E-state index in [4.69, 9.17) is 4.74 Å². The monoisotopic (exact) mass is 438 g/mol. The highest BCUT2D eigenvalue weighted by Crippen LogP contribution is 2.29. The Labute approximate surface area is 178 Å². The zero-order chi connectivity index (χ0) is 22.4. The number of hydrogen-bond acceptors (Lipinski definition) is 4. The molecule has 0 saturated carbocycles. The molecule has 1 fully saturated rings. The molecule has 1 aromatic carbocycles. The molecule has 1 aromatic heterocycles. The molecule has 11 heteroatoms. The third-order valence-corrected chi connectivity index (χ3v) is 4.84. The van der Waals surface area contributed by atoms with Crippen LogP contribution in [0.2, 0.25) is 0 Å². The molecule has 0 spiro atoms. The summed E-state index contributed by atoms with van der Waals surface area (Å²) in [6, 6.07) is 4.12. The molecule has 2 aromatic rings. The second-order valence-corrected chi connectivity index (χ2v) is 7.06. The lowest BCUT2D eigenvalue weighted by Gasteiger charge is -2.34.